The molecule has 1 N–H and O–H groups in total. The third-order valence-corrected chi connectivity index (χ3v) is 6.16. The number of nitrogens with zero attached hydrogens (tertiary/aromatic N) is 4. The van der Waals surface area contributed by atoms with Gasteiger partial charge in [0, 0.05) is 29.1 Å². The summed E-state index contributed by atoms with van der Waals surface area (Å²) >= 11 is 1.45. The first-order chi connectivity index (χ1) is 16.6. The molecule has 0 saturated heterocycles. The summed E-state index contributed by atoms with van der Waals surface area (Å²) < 4.78 is 11.7. The van der Waals surface area contributed by atoms with E-state index in [4.69, 9.17) is 9.47 Å². The topological polar surface area (TPSA) is 112 Å². The molecule has 1 unspecified atom stereocenters. The Morgan fingerprint density at radius 1 is 1.09 bits per heavy atom. The van der Waals surface area contributed by atoms with Gasteiger partial charge in [0.25, 0.3) is 5.69 Å². The Morgan fingerprint density at radius 2 is 1.88 bits per heavy atom. The number of methoxy groups -OCH3 is 1. The van der Waals surface area contributed by atoms with Gasteiger partial charge in [0.05, 0.1) is 17.6 Å². The first kappa shape index (κ1) is 21.7. The number of para-hydroxylation sites is 1. The van der Waals surface area contributed by atoms with E-state index < -0.39 is 11.2 Å². The lowest BCUT2D eigenvalue weighted by Gasteiger charge is -2.21. The summed E-state index contributed by atoms with van der Waals surface area (Å²) in [5.41, 5.74) is 3.53. The first-order valence-electron chi connectivity index (χ1n) is 10.4. The van der Waals surface area contributed by atoms with Gasteiger partial charge in [-0.1, -0.05) is 60.3 Å². The summed E-state index contributed by atoms with van der Waals surface area (Å²) in [4.78, 5) is 15.6. The number of nitro benzene ring substituents is 1. The number of nitrogens with one attached hydrogen (secondary N) is 1. The fourth-order valence-corrected chi connectivity index (χ4v) is 4.35. The van der Waals surface area contributed by atoms with Crippen LogP contribution >= 0.6 is 11.8 Å². The Balaban J connectivity index is 1.54. The normalized spacial score (nSPS) is 14.1. The quantitative estimate of drug-likeness (QED) is 0.228. The van der Waals surface area contributed by atoms with Crippen LogP contribution in [0.3, 0.4) is 0 Å². The zero-order valence-corrected chi connectivity index (χ0v) is 18.9. The van der Waals surface area contributed by atoms with E-state index >= 15 is 0 Å². The van der Waals surface area contributed by atoms with Crippen molar-refractivity contribution in [2.24, 2.45) is 0 Å². The van der Waals surface area contributed by atoms with Gasteiger partial charge in [0.1, 0.15) is 5.75 Å². The zero-order valence-electron chi connectivity index (χ0n) is 18.0. The van der Waals surface area contributed by atoms with Crippen molar-refractivity contribution in [1.29, 1.82) is 0 Å². The molecule has 1 aliphatic heterocycles. The van der Waals surface area contributed by atoms with Crippen LogP contribution in [0.15, 0.2) is 78.0 Å². The van der Waals surface area contributed by atoms with Gasteiger partial charge in [-0.3, -0.25) is 10.1 Å². The summed E-state index contributed by atoms with van der Waals surface area (Å²) in [5, 5.41) is 23.9. The minimum atomic E-state index is -0.805. The van der Waals surface area contributed by atoms with Gasteiger partial charge >= 0.3 is 0 Å². The number of non-ortho nitro benzene ring substituents is 1. The fourth-order valence-electron chi connectivity index (χ4n) is 3.61. The lowest BCUT2D eigenvalue weighted by molar-refractivity contribution is -0.385. The van der Waals surface area contributed by atoms with Crippen molar-refractivity contribution in [3.05, 3.63) is 94.0 Å². The van der Waals surface area contributed by atoms with E-state index in [2.05, 4.69) is 20.5 Å². The molecule has 9 nitrogen and oxygen atoms in total. The largest absolute Gasteiger partial charge is 0.496 e. The molecule has 1 aliphatic rings. The first-order valence-corrected chi connectivity index (χ1v) is 11.4. The van der Waals surface area contributed by atoms with Crippen molar-refractivity contribution >= 4 is 23.1 Å². The van der Waals surface area contributed by atoms with Crippen molar-refractivity contribution in [2.75, 3.05) is 12.4 Å². The molecule has 0 radical (unpaired) electrons. The second-order valence-corrected chi connectivity index (χ2v) is 8.34. The highest BCUT2D eigenvalue weighted by atomic mass is 32.2. The molecular formula is C24H19N5O4S. The highest BCUT2D eigenvalue weighted by Gasteiger charge is 2.29. The number of thioether (sulfide) groups is 1. The predicted molar refractivity (Wildman–Crippen MR) is 128 cm³/mol. The maximum Gasteiger partial charge on any atom is 0.270 e. The maximum atomic E-state index is 11.4. The van der Waals surface area contributed by atoms with E-state index in [1.807, 2.05) is 54.6 Å². The molecule has 34 heavy (non-hydrogen) atoms. The van der Waals surface area contributed by atoms with Crippen molar-refractivity contribution in [2.45, 2.75) is 17.1 Å². The zero-order chi connectivity index (χ0) is 23.5. The van der Waals surface area contributed by atoms with Gasteiger partial charge in [-0.25, -0.2) is 0 Å². The number of benzene rings is 3. The van der Waals surface area contributed by atoms with Crippen LogP contribution in [0.1, 0.15) is 17.4 Å². The molecule has 10 heteroatoms. The van der Waals surface area contributed by atoms with Crippen molar-refractivity contribution in [1.82, 2.24) is 15.2 Å². The SMILES string of the molecule is COc1ccc([N+](=O)[O-])cc1C1Nc2ccccc2-c2nnc(SCc3ccccc3)nc2O1. The lowest BCUT2D eigenvalue weighted by atomic mass is 10.1. The van der Waals surface area contributed by atoms with Crippen LogP contribution in [0.4, 0.5) is 11.4 Å². The highest BCUT2D eigenvalue weighted by molar-refractivity contribution is 7.98. The Bertz CT molecular complexity index is 1350. The molecule has 0 fully saturated rings. The average molecular weight is 474 g/mol. The summed E-state index contributed by atoms with van der Waals surface area (Å²) in [6, 6.07) is 21.9. The van der Waals surface area contributed by atoms with Crippen LogP contribution < -0.4 is 14.8 Å². The Kier molecular flexibility index (Phi) is 5.96. The van der Waals surface area contributed by atoms with Gasteiger partial charge in [-0.15, -0.1) is 10.2 Å². The Hall–Kier alpha value is -4.18. The van der Waals surface area contributed by atoms with Crippen LogP contribution in [0, 0.1) is 10.1 Å². The minimum absolute atomic E-state index is 0.0705. The summed E-state index contributed by atoms with van der Waals surface area (Å²) in [7, 11) is 1.51. The molecule has 0 bridgehead atoms. The fraction of sp³-hybridized carbons (Fsp3) is 0.125. The number of hydrogen-bond acceptors (Lipinski definition) is 9. The van der Waals surface area contributed by atoms with Crippen LogP contribution in [0.5, 0.6) is 11.6 Å². The molecule has 1 aromatic heterocycles. The number of anilines is 1. The molecule has 4 aromatic rings. The molecule has 3 aromatic carbocycles. The number of ether oxygens (including phenoxy) is 2. The number of rotatable bonds is 6. The average Bonchev–Trinajstić information content (AvgIpc) is 3.04. The van der Waals surface area contributed by atoms with Gasteiger partial charge < -0.3 is 14.8 Å². The van der Waals surface area contributed by atoms with E-state index in [0.29, 0.717) is 27.9 Å². The van der Waals surface area contributed by atoms with Crippen LogP contribution in [0.25, 0.3) is 11.3 Å². The monoisotopic (exact) mass is 473 g/mol. The van der Waals surface area contributed by atoms with E-state index in [0.717, 1.165) is 16.8 Å². The van der Waals surface area contributed by atoms with E-state index in [-0.39, 0.29) is 11.6 Å². The number of nitro groups is 1. The van der Waals surface area contributed by atoms with Gasteiger partial charge in [0.15, 0.2) is 5.69 Å². The van der Waals surface area contributed by atoms with Gasteiger partial charge in [-0.2, -0.15) is 4.98 Å². The van der Waals surface area contributed by atoms with Crippen LogP contribution in [-0.4, -0.2) is 27.2 Å². The molecule has 5 rings (SSSR count). The molecule has 0 saturated carbocycles. The lowest BCUT2D eigenvalue weighted by Crippen LogP contribution is -2.18. The molecule has 0 aliphatic carbocycles. The second-order valence-electron chi connectivity index (χ2n) is 7.39. The van der Waals surface area contributed by atoms with Crippen LogP contribution in [-0.2, 0) is 5.75 Å². The Labute approximate surface area is 199 Å². The summed E-state index contributed by atoms with van der Waals surface area (Å²) in [6.45, 7) is 0. The van der Waals surface area contributed by atoms with Crippen molar-refractivity contribution in [3.63, 3.8) is 0 Å². The van der Waals surface area contributed by atoms with Crippen molar-refractivity contribution in [3.8, 4) is 22.9 Å². The maximum absolute atomic E-state index is 11.4. The van der Waals surface area contributed by atoms with E-state index in [1.165, 1.54) is 31.0 Å². The molecule has 0 spiro atoms. The second kappa shape index (κ2) is 9.36. The Morgan fingerprint density at radius 3 is 2.68 bits per heavy atom. The summed E-state index contributed by atoms with van der Waals surface area (Å²) in [6.07, 6.45) is -0.805. The van der Waals surface area contributed by atoms with Gasteiger partial charge in [0.2, 0.25) is 17.3 Å². The van der Waals surface area contributed by atoms with Gasteiger partial charge in [-0.05, 0) is 17.7 Å². The third-order valence-electron chi connectivity index (χ3n) is 5.25. The highest BCUT2D eigenvalue weighted by Crippen LogP contribution is 2.41. The van der Waals surface area contributed by atoms with Crippen LogP contribution in [0.2, 0.25) is 0 Å². The number of hydrogen-bond donors (Lipinski definition) is 1. The number of fused-ring (bicyclic) bond motifs is 3. The molecule has 1 atom stereocenters. The molecular weight excluding hydrogens is 454 g/mol. The standard InChI is InChI=1S/C24H19N5O4S/c1-32-20-12-11-16(29(30)31)13-18(20)22-25-19-10-6-5-9-17(19)21-23(33-22)26-24(28-27-21)34-14-15-7-3-2-4-8-15/h2-13,22,25H,14H2,1H3. The number of aromatic nitrogens is 3. The third kappa shape index (κ3) is 4.35. The van der Waals surface area contributed by atoms with Crippen molar-refractivity contribution < 1.29 is 14.4 Å². The molecule has 170 valence electrons. The van der Waals surface area contributed by atoms with E-state index in [1.54, 1.807) is 6.07 Å². The van der Waals surface area contributed by atoms with E-state index in [9.17, 15) is 10.1 Å². The molecule has 2 heterocycles. The minimum Gasteiger partial charge on any atom is -0.496 e. The molecule has 0 amide bonds. The smallest absolute Gasteiger partial charge is 0.270 e. The summed E-state index contributed by atoms with van der Waals surface area (Å²) in [5.74, 6) is 1.41. The predicted octanol–water partition coefficient (Wildman–Crippen LogP) is 5.25.